The number of rotatable bonds is 3. The molecule has 0 aliphatic heterocycles. The number of halogens is 1. The standard InChI is InChI=1S/C15H18FNO2/c1-11(2)10-17(3)15(19)14-7-6-13(16)9-12(14)5-4-8-18/h6-7,9,11,18H,8,10H2,1-3H3. The van der Waals surface area contributed by atoms with E-state index >= 15 is 0 Å². The molecule has 3 nitrogen and oxygen atoms in total. The zero-order valence-corrected chi connectivity index (χ0v) is 11.4. The number of amides is 1. The van der Waals surface area contributed by atoms with Crippen molar-refractivity contribution in [1.29, 1.82) is 0 Å². The molecule has 19 heavy (non-hydrogen) atoms. The van der Waals surface area contributed by atoms with Crippen molar-refractivity contribution < 1.29 is 14.3 Å². The summed E-state index contributed by atoms with van der Waals surface area (Å²) in [5.74, 6) is 4.74. The maximum absolute atomic E-state index is 13.2. The highest BCUT2D eigenvalue weighted by atomic mass is 19.1. The fourth-order valence-electron chi connectivity index (χ4n) is 1.78. The van der Waals surface area contributed by atoms with Gasteiger partial charge in [-0.2, -0.15) is 0 Å². The number of carbonyl (C=O) groups excluding carboxylic acids is 1. The van der Waals surface area contributed by atoms with Gasteiger partial charge < -0.3 is 10.0 Å². The van der Waals surface area contributed by atoms with Gasteiger partial charge in [-0.3, -0.25) is 4.79 Å². The summed E-state index contributed by atoms with van der Waals surface area (Å²) in [4.78, 5) is 13.8. The fourth-order valence-corrected chi connectivity index (χ4v) is 1.78. The van der Waals surface area contributed by atoms with Crippen LogP contribution in [0.4, 0.5) is 4.39 Å². The van der Waals surface area contributed by atoms with Gasteiger partial charge in [-0.05, 0) is 24.1 Å². The molecule has 0 heterocycles. The number of hydrogen-bond donors (Lipinski definition) is 1. The molecule has 0 unspecified atom stereocenters. The van der Waals surface area contributed by atoms with E-state index < -0.39 is 5.82 Å². The molecule has 0 radical (unpaired) electrons. The summed E-state index contributed by atoms with van der Waals surface area (Å²) in [6.45, 7) is 4.32. The van der Waals surface area contributed by atoms with Gasteiger partial charge in [-0.1, -0.05) is 25.7 Å². The second-order valence-corrected chi connectivity index (χ2v) is 4.73. The second-order valence-electron chi connectivity index (χ2n) is 4.73. The number of benzene rings is 1. The van der Waals surface area contributed by atoms with Crippen LogP contribution in [0.25, 0.3) is 0 Å². The van der Waals surface area contributed by atoms with Gasteiger partial charge in [0.15, 0.2) is 0 Å². The number of aliphatic hydroxyl groups excluding tert-OH is 1. The van der Waals surface area contributed by atoms with Gasteiger partial charge in [0.1, 0.15) is 12.4 Å². The van der Waals surface area contributed by atoms with E-state index in [0.29, 0.717) is 23.6 Å². The largest absolute Gasteiger partial charge is 0.384 e. The summed E-state index contributed by atoms with van der Waals surface area (Å²) >= 11 is 0. The molecular formula is C15H18FNO2. The maximum atomic E-state index is 13.2. The van der Waals surface area contributed by atoms with Crippen LogP contribution in [0, 0.1) is 23.6 Å². The van der Waals surface area contributed by atoms with Gasteiger partial charge in [0.05, 0.1) is 5.56 Å². The molecule has 0 saturated heterocycles. The lowest BCUT2D eigenvalue weighted by molar-refractivity contribution is 0.0779. The zero-order valence-electron chi connectivity index (χ0n) is 11.4. The molecule has 1 aromatic rings. The molecule has 0 saturated carbocycles. The Bertz CT molecular complexity index is 515. The van der Waals surface area contributed by atoms with Gasteiger partial charge in [0.2, 0.25) is 0 Å². The summed E-state index contributed by atoms with van der Waals surface area (Å²) < 4.78 is 13.2. The van der Waals surface area contributed by atoms with Gasteiger partial charge in [-0.15, -0.1) is 0 Å². The van der Waals surface area contributed by atoms with E-state index in [4.69, 9.17) is 5.11 Å². The van der Waals surface area contributed by atoms with Crippen molar-refractivity contribution in [2.75, 3.05) is 20.2 Å². The molecule has 4 heteroatoms. The van der Waals surface area contributed by atoms with Crippen LogP contribution in [0.1, 0.15) is 29.8 Å². The van der Waals surface area contributed by atoms with Crippen molar-refractivity contribution in [3.05, 3.63) is 35.1 Å². The van der Waals surface area contributed by atoms with E-state index in [9.17, 15) is 9.18 Å². The molecule has 1 amide bonds. The van der Waals surface area contributed by atoms with Crippen molar-refractivity contribution in [3.8, 4) is 11.8 Å². The second kappa shape index (κ2) is 6.91. The number of aliphatic hydroxyl groups is 1. The number of hydrogen-bond acceptors (Lipinski definition) is 2. The van der Waals surface area contributed by atoms with Crippen molar-refractivity contribution >= 4 is 5.91 Å². The molecule has 0 aromatic heterocycles. The molecule has 0 atom stereocenters. The molecule has 0 aliphatic rings. The van der Waals surface area contributed by atoms with Crippen molar-refractivity contribution in [1.82, 2.24) is 4.90 Å². The highest BCUT2D eigenvalue weighted by molar-refractivity contribution is 5.96. The first-order valence-electron chi connectivity index (χ1n) is 6.10. The average molecular weight is 263 g/mol. The molecule has 1 aromatic carbocycles. The zero-order chi connectivity index (χ0) is 14.4. The number of nitrogens with zero attached hydrogens (tertiary/aromatic N) is 1. The maximum Gasteiger partial charge on any atom is 0.254 e. The third-order valence-electron chi connectivity index (χ3n) is 2.50. The van der Waals surface area contributed by atoms with E-state index in [1.54, 1.807) is 11.9 Å². The molecular weight excluding hydrogens is 245 g/mol. The summed E-state index contributed by atoms with van der Waals surface area (Å²) in [7, 11) is 1.70. The summed E-state index contributed by atoms with van der Waals surface area (Å²) in [6.07, 6.45) is 0. The molecule has 0 fully saturated rings. The summed E-state index contributed by atoms with van der Waals surface area (Å²) in [5, 5.41) is 8.69. The van der Waals surface area contributed by atoms with Gasteiger partial charge in [-0.25, -0.2) is 4.39 Å². The van der Waals surface area contributed by atoms with E-state index in [1.807, 2.05) is 13.8 Å². The topological polar surface area (TPSA) is 40.5 Å². The number of carbonyl (C=O) groups is 1. The molecule has 1 rings (SSSR count). The van der Waals surface area contributed by atoms with Crippen molar-refractivity contribution in [3.63, 3.8) is 0 Å². The van der Waals surface area contributed by atoms with E-state index in [2.05, 4.69) is 11.8 Å². The lowest BCUT2D eigenvalue weighted by Crippen LogP contribution is -2.30. The Morgan fingerprint density at radius 3 is 2.74 bits per heavy atom. The van der Waals surface area contributed by atoms with Crippen LogP contribution in [0.15, 0.2) is 18.2 Å². The van der Waals surface area contributed by atoms with Gasteiger partial charge in [0, 0.05) is 19.2 Å². The Labute approximate surface area is 113 Å². The highest BCUT2D eigenvalue weighted by Crippen LogP contribution is 2.13. The Hall–Kier alpha value is -1.86. The Balaban J connectivity index is 3.08. The monoisotopic (exact) mass is 263 g/mol. The van der Waals surface area contributed by atoms with Crippen LogP contribution in [0.2, 0.25) is 0 Å². The van der Waals surface area contributed by atoms with Crippen LogP contribution in [-0.4, -0.2) is 36.1 Å². The molecule has 102 valence electrons. The minimum Gasteiger partial charge on any atom is -0.384 e. The first-order chi connectivity index (χ1) is 8.95. The predicted molar refractivity (Wildman–Crippen MR) is 72.2 cm³/mol. The summed E-state index contributed by atoms with van der Waals surface area (Å²) in [6, 6.07) is 3.87. The molecule has 0 bridgehead atoms. The first kappa shape index (κ1) is 15.2. The van der Waals surface area contributed by atoms with Crippen molar-refractivity contribution in [2.45, 2.75) is 13.8 Å². The van der Waals surface area contributed by atoms with Gasteiger partial charge >= 0.3 is 0 Å². The normalized spacial score (nSPS) is 10.0. The Kier molecular flexibility index (Phi) is 5.53. The van der Waals surface area contributed by atoms with Crippen LogP contribution in [0.5, 0.6) is 0 Å². The minimum atomic E-state index is -0.453. The van der Waals surface area contributed by atoms with Crippen LogP contribution in [-0.2, 0) is 0 Å². The van der Waals surface area contributed by atoms with Crippen LogP contribution in [0.3, 0.4) is 0 Å². The SMILES string of the molecule is CC(C)CN(C)C(=O)c1ccc(F)cc1C#CCO. The quantitative estimate of drug-likeness (QED) is 0.846. The van der Waals surface area contributed by atoms with Crippen LogP contribution < -0.4 is 0 Å². The lowest BCUT2D eigenvalue weighted by Gasteiger charge is -2.20. The average Bonchev–Trinajstić information content (AvgIpc) is 2.34. The highest BCUT2D eigenvalue weighted by Gasteiger charge is 2.16. The molecule has 0 spiro atoms. The van der Waals surface area contributed by atoms with Crippen LogP contribution >= 0.6 is 0 Å². The molecule has 1 N–H and O–H groups in total. The smallest absolute Gasteiger partial charge is 0.254 e. The van der Waals surface area contributed by atoms with E-state index in [0.717, 1.165) is 0 Å². The van der Waals surface area contributed by atoms with Crippen molar-refractivity contribution in [2.24, 2.45) is 5.92 Å². The minimum absolute atomic E-state index is 0.198. The first-order valence-corrected chi connectivity index (χ1v) is 6.10. The van der Waals surface area contributed by atoms with E-state index in [1.165, 1.54) is 18.2 Å². The Morgan fingerprint density at radius 2 is 2.16 bits per heavy atom. The Morgan fingerprint density at radius 1 is 1.47 bits per heavy atom. The van der Waals surface area contributed by atoms with Gasteiger partial charge in [0.25, 0.3) is 5.91 Å². The predicted octanol–water partition coefficient (Wildman–Crippen LogP) is 1.90. The lowest BCUT2D eigenvalue weighted by atomic mass is 10.1. The fraction of sp³-hybridized carbons (Fsp3) is 0.400. The van der Waals surface area contributed by atoms with E-state index in [-0.39, 0.29) is 12.5 Å². The third kappa shape index (κ3) is 4.38. The molecule has 0 aliphatic carbocycles. The third-order valence-corrected chi connectivity index (χ3v) is 2.50. The summed E-state index contributed by atoms with van der Waals surface area (Å²) in [5.41, 5.74) is 0.653.